The quantitative estimate of drug-likeness (QED) is 0.632. The summed E-state index contributed by atoms with van der Waals surface area (Å²) >= 11 is 0. The minimum Gasteiger partial charge on any atom is -0.396 e. The summed E-state index contributed by atoms with van der Waals surface area (Å²) in [6, 6.07) is 0. The second-order valence-electron chi connectivity index (χ2n) is 2.45. The van der Waals surface area contributed by atoms with Crippen LogP contribution in [-0.4, -0.2) is 28.2 Å². The molecule has 1 heterocycles. The molecule has 0 saturated heterocycles. The van der Waals surface area contributed by atoms with Crippen LogP contribution in [0.4, 0.5) is 5.82 Å². The maximum atomic E-state index is 8.51. The van der Waals surface area contributed by atoms with Gasteiger partial charge in [0.1, 0.15) is 5.82 Å². The third-order valence-corrected chi connectivity index (χ3v) is 1.45. The summed E-state index contributed by atoms with van der Waals surface area (Å²) in [7, 11) is 0. The molecule has 1 rings (SSSR count). The molecule has 0 saturated carbocycles. The van der Waals surface area contributed by atoms with Crippen LogP contribution in [0.1, 0.15) is 12.8 Å². The highest BCUT2D eigenvalue weighted by molar-refractivity contribution is 5.29. The van der Waals surface area contributed by atoms with E-state index >= 15 is 0 Å². The first-order chi connectivity index (χ1) is 5.93. The van der Waals surface area contributed by atoms with Gasteiger partial charge in [0.05, 0.1) is 6.20 Å². The van der Waals surface area contributed by atoms with Crippen LogP contribution in [0, 0.1) is 0 Å². The molecule has 0 aliphatic heterocycles. The molecule has 0 spiro atoms. The van der Waals surface area contributed by atoms with Crippen LogP contribution in [0.15, 0.2) is 18.6 Å². The number of nitrogens with zero attached hydrogens (tertiary/aromatic N) is 2. The Morgan fingerprint density at radius 1 is 1.33 bits per heavy atom. The number of aliphatic hydroxyl groups is 1. The molecule has 0 fully saturated rings. The molecule has 12 heavy (non-hydrogen) atoms. The maximum Gasteiger partial charge on any atom is 0.144 e. The van der Waals surface area contributed by atoms with Crippen molar-refractivity contribution in [1.29, 1.82) is 0 Å². The van der Waals surface area contributed by atoms with Crippen LogP contribution in [-0.2, 0) is 0 Å². The summed E-state index contributed by atoms with van der Waals surface area (Å²) in [5.41, 5.74) is 0. The molecule has 0 aromatic carbocycles. The Morgan fingerprint density at radius 3 is 2.92 bits per heavy atom. The normalized spacial score (nSPS) is 9.75. The predicted molar refractivity (Wildman–Crippen MR) is 46.8 cm³/mol. The van der Waals surface area contributed by atoms with E-state index in [1.165, 1.54) is 0 Å². The van der Waals surface area contributed by atoms with Gasteiger partial charge in [-0.05, 0) is 12.8 Å². The molecule has 2 N–H and O–H groups in total. The van der Waals surface area contributed by atoms with Crippen molar-refractivity contribution in [3.8, 4) is 0 Å². The van der Waals surface area contributed by atoms with Crippen molar-refractivity contribution in [3.63, 3.8) is 0 Å². The minimum absolute atomic E-state index is 0.252. The number of anilines is 1. The first-order valence-electron chi connectivity index (χ1n) is 4.04. The molecule has 0 radical (unpaired) electrons. The van der Waals surface area contributed by atoms with Gasteiger partial charge in [0, 0.05) is 25.5 Å². The number of unbranched alkanes of at least 4 members (excludes halogenated alkanes) is 1. The van der Waals surface area contributed by atoms with Gasteiger partial charge in [0.2, 0.25) is 0 Å². The molecule has 0 atom stereocenters. The lowest BCUT2D eigenvalue weighted by Crippen LogP contribution is -2.03. The van der Waals surface area contributed by atoms with E-state index in [4.69, 9.17) is 5.11 Å². The molecular formula is C8H13N3O. The minimum atomic E-state index is 0.252. The topological polar surface area (TPSA) is 58.0 Å². The van der Waals surface area contributed by atoms with Crippen LogP contribution >= 0.6 is 0 Å². The van der Waals surface area contributed by atoms with E-state index in [-0.39, 0.29) is 6.61 Å². The molecular weight excluding hydrogens is 154 g/mol. The van der Waals surface area contributed by atoms with Gasteiger partial charge < -0.3 is 10.4 Å². The third kappa shape index (κ3) is 3.30. The highest BCUT2D eigenvalue weighted by Gasteiger charge is 1.90. The lowest BCUT2D eigenvalue weighted by Gasteiger charge is -2.02. The number of hydrogen-bond donors (Lipinski definition) is 2. The molecule has 0 aliphatic rings. The van der Waals surface area contributed by atoms with E-state index < -0.39 is 0 Å². The monoisotopic (exact) mass is 167 g/mol. The second-order valence-corrected chi connectivity index (χ2v) is 2.45. The Bertz CT molecular complexity index is 203. The maximum absolute atomic E-state index is 8.51. The van der Waals surface area contributed by atoms with Crippen molar-refractivity contribution in [3.05, 3.63) is 18.6 Å². The lowest BCUT2D eigenvalue weighted by molar-refractivity contribution is 0.286. The standard InChI is InChI=1S/C8H13N3O/c12-6-2-1-3-10-8-7-9-4-5-11-8/h4-5,7,12H,1-3,6H2,(H,10,11). The number of aliphatic hydroxyl groups excluding tert-OH is 1. The number of rotatable bonds is 5. The van der Waals surface area contributed by atoms with Crippen molar-refractivity contribution in [2.24, 2.45) is 0 Å². The summed E-state index contributed by atoms with van der Waals surface area (Å²) in [5, 5.41) is 11.6. The van der Waals surface area contributed by atoms with Crippen LogP contribution in [0.3, 0.4) is 0 Å². The van der Waals surface area contributed by atoms with E-state index in [1.807, 2.05) is 0 Å². The zero-order valence-corrected chi connectivity index (χ0v) is 6.90. The summed E-state index contributed by atoms with van der Waals surface area (Å²) in [5.74, 6) is 0.787. The smallest absolute Gasteiger partial charge is 0.144 e. The fraction of sp³-hybridized carbons (Fsp3) is 0.500. The summed E-state index contributed by atoms with van der Waals surface area (Å²) < 4.78 is 0. The van der Waals surface area contributed by atoms with Gasteiger partial charge in [0.25, 0.3) is 0 Å². The molecule has 4 nitrogen and oxygen atoms in total. The predicted octanol–water partition coefficient (Wildman–Crippen LogP) is 0.661. The zero-order valence-electron chi connectivity index (χ0n) is 6.90. The summed E-state index contributed by atoms with van der Waals surface area (Å²) in [6.07, 6.45) is 6.74. The second kappa shape index (κ2) is 5.49. The van der Waals surface area contributed by atoms with Gasteiger partial charge >= 0.3 is 0 Å². The molecule has 0 unspecified atom stereocenters. The molecule has 0 aliphatic carbocycles. The molecule has 0 bridgehead atoms. The Labute approximate surface area is 71.7 Å². The van der Waals surface area contributed by atoms with Crippen molar-refractivity contribution in [2.75, 3.05) is 18.5 Å². The van der Waals surface area contributed by atoms with E-state index in [2.05, 4.69) is 15.3 Å². The number of hydrogen-bond acceptors (Lipinski definition) is 4. The third-order valence-electron chi connectivity index (χ3n) is 1.45. The van der Waals surface area contributed by atoms with Crippen LogP contribution in [0.25, 0.3) is 0 Å². The fourth-order valence-electron chi connectivity index (χ4n) is 0.844. The van der Waals surface area contributed by atoms with E-state index in [0.717, 1.165) is 25.2 Å². The molecule has 4 heteroatoms. The Morgan fingerprint density at radius 2 is 2.25 bits per heavy atom. The molecule has 1 aromatic rings. The first kappa shape index (κ1) is 8.93. The van der Waals surface area contributed by atoms with Gasteiger partial charge in [-0.1, -0.05) is 0 Å². The average molecular weight is 167 g/mol. The van der Waals surface area contributed by atoms with Crippen molar-refractivity contribution < 1.29 is 5.11 Å². The largest absolute Gasteiger partial charge is 0.396 e. The Balaban J connectivity index is 2.16. The van der Waals surface area contributed by atoms with Gasteiger partial charge in [-0.15, -0.1) is 0 Å². The Hall–Kier alpha value is -1.16. The highest BCUT2D eigenvalue weighted by Crippen LogP contribution is 1.97. The van der Waals surface area contributed by atoms with Gasteiger partial charge in [-0.2, -0.15) is 0 Å². The Kier molecular flexibility index (Phi) is 4.08. The average Bonchev–Trinajstić information content (AvgIpc) is 2.14. The van der Waals surface area contributed by atoms with Gasteiger partial charge in [0.15, 0.2) is 0 Å². The lowest BCUT2D eigenvalue weighted by atomic mass is 10.3. The van der Waals surface area contributed by atoms with Crippen molar-refractivity contribution >= 4 is 5.82 Å². The van der Waals surface area contributed by atoms with Crippen LogP contribution < -0.4 is 5.32 Å². The van der Waals surface area contributed by atoms with E-state index in [9.17, 15) is 0 Å². The SMILES string of the molecule is OCCCCNc1cnccn1. The van der Waals surface area contributed by atoms with Gasteiger partial charge in [-0.3, -0.25) is 4.98 Å². The number of nitrogens with one attached hydrogen (secondary N) is 1. The number of aromatic nitrogens is 2. The zero-order chi connectivity index (χ0) is 8.65. The van der Waals surface area contributed by atoms with E-state index in [1.54, 1.807) is 18.6 Å². The van der Waals surface area contributed by atoms with E-state index in [0.29, 0.717) is 0 Å². The first-order valence-corrected chi connectivity index (χ1v) is 4.04. The van der Waals surface area contributed by atoms with Gasteiger partial charge in [-0.25, -0.2) is 4.98 Å². The highest BCUT2D eigenvalue weighted by atomic mass is 16.2. The van der Waals surface area contributed by atoms with Crippen molar-refractivity contribution in [1.82, 2.24) is 9.97 Å². The van der Waals surface area contributed by atoms with Crippen LogP contribution in [0.5, 0.6) is 0 Å². The molecule has 1 aromatic heterocycles. The summed E-state index contributed by atoms with van der Waals surface area (Å²) in [4.78, 5) is 7.95. The fourth-order valence-corrected chi connectivity index (χ4v) is 0.844. The van der Waals surface area contributed by atoms with Crippen LogP contribution in [0.2, 0.25) is 0 Å². The van der Waals surface area contributed by atoms with Crippen molar-refractivity contribution in [2.45, 2.75) is 12.8 Å². The summed E-state index contributed by atoms with van der Waals surface area (Å²) in [6.45, 7) is 1.08. The molecule has 66 valence electrons. The molecule has 0 amide bonds.